The Morgan fingerprint density at radius 1 is 1.06 bits per heavy atom. The molecule has 0 spiro atoms. The number of hydrogen-bond acceptors (Lipinski definition) is 1. The molecule has 0 unspecified atom stereocenters. The van der Waals surface area contributed by atoms with Crippen LogP contribution >= 0.6 is 0 Å². The second-order valence-electron chi connectivity index (χ2n) is 4.22. The Bertz CT molecular complexity index is 663. The van der Waals surface area contributed by atoms with Crippen LogP contribution in [0.5, 0.6) is 0 Å². The van der Waals surface area contributed by atoms with E-state index >= 15 is 0 Å². The van der Waals surface area contributed by atoms with Gasteiger partial charge in [0.15, 0.2) is 11.5 Å². The van der Waals surface area contributed by atoms with E-state index in [1.807, 2.05) is 24.3 Å². The summed E-state index contributed by atoms with van der Waals surface area (Å²) in [6.45, 7) is 0.505. The van der Waals surface area contributed by atoms with Gasteiger partial charge in [0.05, 0.1) is 5.56 Å². The average Bonchev–Trinajstić information content (AvgIpc) is 2.68. The lowest BCUT2D eigenvalue weighted by molar-refractivity contribution is -0.455. The molecule has 1 aliphatic rings. The highest BCUT2D eigenvalue weighted by atomic mass is 19.1. The van der Waals surface area contributed by atoms with E-state index < -0.39 is 11.6 Å². The molecule has 4 heteroatoms. The van der Waals surface area contributed by atoms with Gasteiger partial charge in [0.25, 0.3) is 5.84 Å². The number of rotatable bonds is 1. The lowest BCUT2D eigenvalue weighted by atomic mass is 10.1. The Kier molecular flexibility index (Phi) is 2.37. The monoisotopic (exact) mass is 245 g/mol. The molecule has 18 heavy (non-hydrogen) atoms. The molecule has 0 atom stereocenters. The van der Waals surface area contributed by atoms with Gasteiger partial charge in [-0.3, -0.25) is 5.73 Å². The molecule has 0 aromatic heterocycles. The second-order valence-corrected chi connectivity index (χ2v) is 4.22. The van der Waals surface area contributed by atoms with Crippen molar-refractivity contribution in [1.29, 1.82) is 0 Å². The van der Waals surface area contributed by atoms with Crippen LogP contribution in [0.25, 0.3) is 0 Å². The first-order valence-corrected chi connectivity index (χ1v) is 5.60. The standard InChI is InChI=1S/C14H10F2N2/c15-10-5-6-13(12(16)7-10)18-8-9-3-1-2-4-11(9)14(18)17/h1-7,17H,8H2/p+1. The number of nitrogens with two attached hydrogens (primary N) is 1. The number of fused-ring (bicyclic) bond motifs is 1. The highest BCUT2D eigenvalue weighted by Gasteiger charge is 2.27. The average molecular weight is 245 g/mol. The van der Waals surface area contributed by atoms with Gasteiger partial charge in [-0.1, -0.05) is 18.2 Å². The van der Waals surface area contributed by atoms with Crippen LogP contribution in [0.4, 0.5) is 14.5 Å². The minimum absolute atomic E-state index is 0.296. The van der Waals surface area contributed by atoms with Crippen molar-refractivity contribution >= 4 is 11.5 Å². The van der Waals surface area contributed by atoms with Crippen molar-refractivity contribution in [2.24, 2.45) is 5.73 Å². The molecule has 0 saturated heterocycles. The molecule has 90 valence electrons. The predicted octanol–water partition coefficient (Wildman–Crippen LogP) is 2.53. The molecular formula is C14H11F2N2+. The fourth-order valence-electron chi connectivity index (χ4n) is 2.22. The summed E-state index contributed by atoms with van der Waals surface area (Å²) in [5, 5.41) is 0. The van der Waals surface area contributed by atoms with Gasteiger partial charge in [0.2, 0.25) is 0 Å². The Hall–Kier alpha value is -2.23. The van der Waals surface area contributed by atoms with Crippen molar-refractivity contribution in [2.45, 2.75) is 6.54 Å². The van der Waals surface area contributed by atoms with Crippen LogP contribution in [0.3, 0.4) is 0 Å². The summed E-state index contributed by atoms with van der Waals surface area (Å²) in [4.78, 5) is 0. The van der Waals surface area contributed by atoms with Crippen LogP contribution < -0.4 is 5.73 Å². The molecule has 1 aliphatic heterocycles. The molecule has 0 saturated carbocycles. The van der Waals surface area contributed by atoms with Crippen molar-refractivity contribution in [1.82, 2.24) is 0 Å². The smallest absolute Gasteiger partial charge is 0.280 e. The van der Waals surface area contributed by atoms with Crippen LogP contribution in [-0.4, -0.2) is 10.4 Å². The van der Waals surface area contributed by atoms with Crippen molar-refractivity contribution in [2.75, 3.05) is 0 Å². The Morgan fingerprint density at radius 3 is 2.56 bits per heavy atom. The summed E-state index contributed by atoms with van der Waals surface area (Å²) in [5.74, 6) is -0.701. The molecule has 2 nitrogen and oxygen atoms in total. The van der Waals surface area contributed by atoms with Crippen LogP contribution in [0.1, 0.15) is 11.1 Å². The minimum atomic E-state index is -0.606. The lowest BCUT2D eigenvalue weighted by Gasteiger charge is -2.03. The Balaban J connectivity index is 2.13. The molecule has 2 aromatic carbocycles. The first-order valence-electron chi connectivity index (χ1n) is 5.60. The maximum absolute atomic E-state index is 13.7. The van der Waals surface area contributed by atoms with Crippen molar-refractivity contribution in [3.63, 3.8) is 0 Å². The summed E-state index contributed by atoms with van der Waals surface area (Å²) in [5.41, 5.74) is 8.25. The maximum Gasteiger partial charge on any atom is 0.280 e. The Labute approximate surface area is 103 Å². The van der Waals surface area contributed by atoms with Gasteiger partial charge >= 0.3 is 0 Å². The molecule has 0 aliphatic carbocycles. The fourth-order valence-corrected chi connectivity index (χ4v) is 2.22. The number of amidine groups is 1. The summed E-state index contributed by atoms with van der Waals surface area (Å²) >= 11 is 0. The number of nitrogens with zero attached hydrogens (tertiary/aromatic N) is 1. The second kappa shape index (κ2) is 3.91. The third kappa shape index (κ3) is 1.57. The third-order valence-electron chi connectivity index (χ3n) is 3.11. The predicted molar refractivity (Wildman–Crippen MR) is 64.7 cm³/mol. The van der Waals surface area contributed by atoms with Gasteiger partial charge in [-0.25, -0.2) is 13.4 Å². The molecular weight excluding hydrogens is 234 g/mol. The van der Waals surface area contributed by atoms with Crippen molar-refractivity contribution in [3.05, 3.63) is 65.2 Å². The highest BCUT2D eigenvalue weighted by molar-refractivity contribution is 5.97. The van der Waals surface area contributed by atoms with Gasteiger partial charge in [-0.05, 0) is 18.2 Å². The first kappa shape index (κ1) is 10.9. The van der Waals surface area contributed by atoms with Crippen LogP contribution in [0, 0.1) is 11.6 Å². The van der Waals surface area contributed by atoms with Crippen LogP contribution in [0.15, 0.2) is 42.5 Å². The molecule has 0 radical (unpaired) electrons. The quantitative estimate of drug-likeness (QED) is 0.768. The maximum atomic E-state index is 13.7. The van der Waals surface area contributed by atoms with Gasteiger partial charge in [-0.15, -0.1) is 0 Å². The molecule has 2 aromatic rings. The summed E-state index contributed by atoms with van der Waals surface area (Å²) in [7, 11) is 0. The highest BCUT2D eigenvalue weighted by Crippen LogP contribution is 2.26. The first-order chi connectivity index (χ1) is 8.66. The number of hydrogen-bond donors (Lipinski definition) is 1. The molecule has 0 bridgehead atoms. The van der Waals surface area contributed by atoms with E-state index in [1.165, 1.54) is 12.1 Å². The van der Waals surface area contributed by atoms with Gasteiger partial charge < -0.3 is 0 Å². The zero-order valence-electron chi connectivity index (χ0n) is 9.53. The van der Waals surface area contributed by atoms with E-state index in [2.05, 4.69) is 0 Å². The molecule has 3 rings (SSSR count). The van der Waals surface area contributed by atoms with Crippen molar-refractivity contribution in [3.8, 4) is 0 Å². The number of benzene rings is 2. The van der Waals surface area contributed by atoms with E-state index in [4.69, 9.17) is 5.73 Å². The fraction of sp³-hybridized carbons (Fsp3) is 0.0714. The molecule has 1 heterocycles. The van der Waals surface area contributed by atoms with Crippen LogP contribution in [0.2, 0.25) is 0 Å². The van der Waals surface area contributed by atoms with E-state index in [1.54, 1.807) is 4.58 Å². The normalized spacial score (nSPS) is 13.9. The zero-order valence-corrected chi connectivity index (χ0v) is 9.53. The zero-order chi connectivity index (χ0) is 12.7. The largest absolute Gasteiger partial charge is 0.286 e. The molecule has 0 amide bonds. The summed E-state index contributed by atoms with van der Waals surface area (Å²) in [6, 6.07) is 11.1. The van der Waals surface area contributed by atoms with E-state index in [0.29, 0.717) is 18.1 Å². The van der Waals surface area contributed by atoms with E-state index in [-0.39, 0.29) is 0 Å². The molecule has 0 fully saturated rings. The van der Waals surface area contributed by atoms with E-state index in [9.17, 15) is 8.78 Å². The summed E-state index contributed by atoms with van der Waals surface area (Å²) < 4.78 is 28.3. The van der Waals surface area contributed by atoms with Gasteiger partial charge in [0.1, 0.15) is 12.4 Å². The molecule has 2 N–H and O–H groups in total. The van der Waals surface area contributed by atoms with Gasteiger partial charge in [0, 0.05) is 11.6 Å². The van der Waals surface area contributed by atoms with Gasteiger partial charge in [-0.2, -0.15) is 0 Å². The number of halogens is 2. The Morgan fingerprint density at radius 2 is 1.83 bits per heavy atom. The SMILES string of the molecule is NC1=[N+](c2ccc(F)cc2F)Cc2ccccc21. The lowest BCUT2D eigenvalue weighted by Crippen LogP contribution is -2.20. The minimum Gasteiger partial charge on any atom is -0.286 e. The van der Waals surface area contributed by atoms with Crippen LogP contribution in [-0.2, 0) is 6.54 Å². The van der Waals surface area contributed by atoms with Crippen molar-refractivity contribution < 1.29 is 13.4 Å². The topological polar surface area (TPSA) is 29.0 Å². The third-order valence-corrected chi connectivity index (χ3v) is 3.11. The van der Waals surface area contributed by atoms with E-state index in [0.717, 1.165) is 17.2 Å². The summed E-state index contributed by atoms with van der Waals surface area (Å²) in [6.07, 6.45) is 0.